The number of rotatable bonds is 2. The number of fused-ring (bicyclic) bond motifs is 1. The third-order valence-corrected chi connectivity index (χ3v) is 3.22. The molecule has 0 fully saturated rings. The molecule has 0 bridgehead atoms. The summed E-state index contributed by atoms with van der Waals surface area (Å²) in [5, 5.41) is 13.4. The highest BCUT2D eigenvalue weighted by Gasteiger charge is 2.20. The van der Waals surface area contributed by atoms with Crippen LogP contribution in [0, 0.1) is 18.6 Å². The fraction of sp³-hybridized carbons (Fsp3) is 0.0714. The molecule has 1 aromatic carbocycles. The molecule has 0 amide bonds. The molecule has 0 saturated carbocycles. The van der Waals surface area contributed by atoms with Gasteiger partial charge in [0.2, 0.25) is 5.56 Å². The van der Waals surface area contributed by atoms with Gasteiger partial charge in [0.1, 0.15) is 5.65 Å². The van der Waals surface area contributed by atoms with Gasteiger partial charge < -0.3 is 10.1 Å². The Balaban J connectivity index is 2.41. The number of hydrogen-bond acceptors (Lipinski definition) is 3. The minimum absolute atomic E-state index is 0.0950. The number of H-pyrrole nitrogens is 1. The second kappa shape index (κ2) is 4.76. The summed E-state index contributed by atoms with van der Waals surface area (Å²) in [7, 11) is 0. The first-order valence-corrected chi connectivity index (χ1v) is 6.20. The zero-order valence-electron chi connectivity index (χ0n) is 11.2. The minimum atomic E-state index is -1.29. The molecular weight excluding hydrogens is 296 g/mol. The monoisotopic (exact) mass is 305 g/mol. The Morgan fingerprint density at radius 3 is 2.64 bits per heavy atom. The van der Waals surface area contributed by atoms with Gasteiger partial charge in [0.25, 0.3) is 0 Å². The predicted octanol–water partition coefficient (Wildman–Crippen LogP) is 2.00. The van der Waals surface area contributed by atoms with E-state index >= 15 is 0 Å². The molecule has 0 aliphatic rings. The molecule has 3 aromatic rings. The summed E-state index contributed by atoms with van der Waals surface area (Å²) in [6, 6.07) is 4.24. The van der Waals surface area contributed by atoms with Crippen molar-refractivity contribution in [1.82, 2.24) is 14.8 Å². The van der Waals surface area contributed by atoms with Gasteiger partial charge in [0.05, 0.1) is 11.1 Å². The van der Waals surface area contributed by atoms with Gasteiger partial charge in [-0.15, -0.1) is 0 Å². The molecular formula is C14H9F2N3O3. The number of carboxylic acid groups (broad SMARTS) is 1. The number of benzene rings is 1. The Bertz CT molecular complexity index is 975. The number of pyridine rings is 1. The van der Waals surface area contributed by atoms with Crippen LogP contribution in [0.4, 0.5) is 8.78 Å². The molecule has 2 N–H and O–H groups in total. The van der Waals surface area contributed by atoms with E-state index in [-0.39, 0.29) is 22.4 Å². The van der Waals surface area contributed by atoms with Crippen LogP contribution in [-0.4, -0.2) is 25.8 Å². The van der Waals surface area contributed by atoms with Gasteiger partial charge in [-0.3, -0.25) is 4.79 Å². The summed E-state index contributed by atoms with van der Waals surface area (Å²) in [6.07, 6.45) is 0. The molecule has 112 valence electrons. The molecule has 22 heavy (non-hydrogen) atoms. The van der Waals surface area contributed by atoms with E-state index < -0.39 is 23.2 Å². The second-order valence-corrected chi connectivity index (χ2v) is 4.70. The second-order valence-electron chi connectivity index (χ2n) is 4.70. The van der Waals surface area contributed by atoms with Crippen LogP contribution in [0.3, 0.4) is 0 Å². The molecule has 0 saturated heterocycles. The van der Waals surface area contributed by atoms with E-state index in [4.69, 9.17) is 0 Å². The van der Waals surface area contributed by atoms with Crippen LogP contribution in [0.2, 0.25) is 0 Å². The molecule has 8 heteroatoms. The Morgan fingerprint density at radius 1 is 1.27 bits per heavy atom. The highest BCUT2D eigenvalue weighted by atomic mass is 19.2. The fourth-order valence-electron chi connectivity index (χ4n) is 2.28. The van der Waals surface area contributed by atoms with Gasteiger partial charge in [-0.2, -0.15) is 5.10 Å². The average Bonchev–Trinajstić information content (AvgIpc) is 2.81. The number of aryl methyl sites for hydroxylation is 1. The summed E-state index contributed by atoms with van der Waals surface area (Å²) in [5.74, 6) is -3.43. The van der Waals surface area contributed by atoms with Crippen LogP contribution in [0.15, 0.2) is 29.1 Å². The van der Waals surface area contributed by atoms with Crippen molar-refractivity contribution in [2.24, 2.45) is 0 Å². The quantitative estimate of drug-likeness (QED) is 0.758. The van der Waals surface area contributed by atoms with Crippen molar-refractivity contribution >= 4 is 17.0 Å². The standard InChI is InChI=1S/C14H9F2N3O3/c1-6-4-10(20)17-13-11(6)12(14(21)22)18-19(13)7-2-3-8(15)9(16)5-7/h2-5H,1H3,(H,17,20)(H,21,22). The smallest absolute Gasteiger partial charge is 0.357 e. The van der Waals surface area contributed by atoms with E-state index in [1.807, 2.05) is 0 Å². The molecule has 0 radical (unpaired) electrons. The number of nitrogens with one attached hydrogen (secondary N) is 1. The summed E-state index contributed by atoms with van der Waals surface area (Å²) in [4.78, 5) is 25.4. The third kappa shape index (κ3) is 2.05. The largest absolute Gasteiger partial charge is 0.476 e. The number of hydrogen-bond donors (Lipinski definition) is 2. The van der Waals surface area contributed by atoms with Crippen molar-refractivity contribution in [3.8, 4) is 5.69 Å². The maximum absolute atomic E-state index is 13.4. The number of aromatic nitrogens is 3. The first kappa shape index (κ1) is 13.9. The highest BCUT2D eigenvalue weighted by Crippen LogP contribution is 2.23. The number of carbonyl (C=O) groups is 1. The van der Waals surface area contributed by atoms with E-state index in [1.54, 1.807) is 6.92 Å². The van der Waals surface area contributed by atoms with Gasteiger partial charge in [-0.05, 0) is 24.6 Å². The van der Waals surface area contributed by atoms with Crippen molar-refractivity contribution in [1.29, 1.82) is 0 Å². The molecule has 0 spiro atoms. The summed E-state index contributed by atoms with van der Waals surface area (Å²) >= 11 is 0. The third-order valence-electron chi connectivity index (χ3n) is 3.22. The van der Waals surface area contributed by atoms with Crippen LogP contribution >= 0.6 is 0 Å². The molecule has 2 aromatic heterocycles. The Hall–Kier alpha value is -3.03. The van der Waals surface area contributed by atoms with E-state index in [0.29, 0.717) is 5.56 Å². The minimum Gasteiger partial charge on any atom is -0.476 e. The van der Waals surface area contributed by atoms with Gasteiger partial charge in [-0.25, -0.2) is 18.3 Å². The summed E-state index contributed by atoms with van der Waals surface area (Å²) in [5.41, 5.74) is -0.116. The van der Waals surface area contributed by atoms with Crippen LogP contribution in [0.25, 0.3) is 16.7 Å². The summed E-state index contributed by atoms with van der Waals surface area (Å²) < 4.78 is 27.5. The van der Waals surface area contributed by atoms with Crippen molar-refractivity contribution in [2.75, 3.05) is 0 Å². The number of nitrogens with zero attached hydrogens (tertiary/aromatic N) is 2. The molecule has 0 atom stereocenters. The molecule has 0 aliphatic heterocycles. The van der Waals surface area contributed by atoms with Crippen molar-refractivity contribution in [2.45, 2.75) is 6.92 Å². The number of aromatic carboxylic acids is 1. The molecule has 2 heterocycles. The number of halogens is 2. The van der Waals surface area contributed by atoms with Crippen molar-refractivity contribution in [3.05, 3.63) is 57.5 Å². The maximum Gasteiger partial charge on any atom is 0.357 e. The van der Waals surface area contributed by atoms with Gasteiger partial charge in [0.15, 0.2) is 17.3 Å². The lowest BCUT2D eigenvalue weighted by Crippen LogP contribution is -2.08. The van der Waals surface area contributed by atoms with Gasteiger partial charge in [0, 0.05) is 12.1 Å². The molecule has 0 aliphatic carbocycles. The van der Waals surface area contributed by atoms with E-state index in [1.165, 1.54) is 12.1 Å². The SMILES string of the molecule is Cc1cc(=O)[nH]c2c1c(C(=O)O)nn2-c1ccc(F)c(F)c1. The Labute approximate surface area is 121 Å². The lowest BCUT2D eigenvalue weighted by molar-refractivity contribution is 0.0692. The van der Waals surface area contributed by atoms with Gasteiger partial charge in [-0.1, -0.05) is 0 Å². The van der Waals surface area contributed by atoms with Crippen LogP contribution in [-0.2, 0) is 0 Å². The van der Waals surface area contributed by atoms with Crippen LogP contribution in [0.5, 0.6) is 0 Å². The normalized spacial score (nSPS) is 11.0. The molecule has 6 nitrogen and oxygen atoms in total. The number of carboxylic acids is 1. The van der Waals surface area contributed by atoms with Gasteiger partial charge >= 0.3 is 5.97 Å². The maximum atomic E-state index is 13.4. The first-order chi connectivity index (χ1) is 10.4. The topological polar surface area (TPSA) is 88.0 Å². The lowest BCUT2D eigenvalue weighted by atomic mass is 10.1. The van der Waals surface area contributed by atoms with Crippen molar-refractivity contribution < 1.29 is 18.7 Å². The highest BCUT2D eigenvalue weighted by molar-refractivity contribution is 6.01. The van der Waals surface area contributed by atoms with Crippen LogP contribution in [0.1, 0.15) is 16.1 Å². The lowest BCUT2D eigenvalue weighted by Gasteiger charge is -2.04. The predicted molar refractivity (Wildman–Crippen MR) is 73.3 cm³/mol. The average molecular weight is 305 g/mol. The van der Waals surface area contributed by atoms with Crippen LogP contribution < -0.4 is 5.56 Å². The Morgan fingerprint density at radius 2 is 2.00 bits per heavy atom. The van der Waals surface area contributed by atoms with Crippen molar-refractivity contribution in [3.63, 3.8) is 0 Å². The van der Waals surface area contributed by atoms with E-state index in [2.05, 4.69) is 10.1 Å². The zero-order valence-corrected chi connectivity index (χ0v) is 11.2. The summed E-state index contributed by atoms with van der Waals surface area (Å²) in [6.45, 7) is 1.57. The zero-order chi connectivity index (χ0) is 16.0. The fourth-order valence-corrected chi connectivity index (χ4v) is 2.28. The Kier molecular flexibility index (Phi) is 3.01. The van der Waals surface area contributed by atoms with E-state index in [0.717, 1.165) is 16.8 Å². The molecule has 0 unspecified atom stereocenters. The number of aromatic amines is 1. The van der Waals surface area contributed by atoms with E-state index in [9.17, 15) is 23.5 Å². The first-order valence-electron chi connectivity index (χ1n) is 6.20. The molecule has 3 rings (SSSR count).